The number of aliphatic imine (C=N–C) groups is 1. The van der Waals surface area contributed by atoms with Crippen LogP contribution in [-0.2, 0) is 19.3 Å². The molecule has 0 N–H and O–H groups in total. The van der Waals surface area contributed by atoms with E-state index in [1.165, 1.54) is 16.7 Å². The van der Waals surface area contributed by atoms with E-state index in [9.17, 15) is 0 Å². The molecule has 1 aromatic carbocycles. The number of allylic oxidation sites excluding steroid dienone is 2. The van der Waals surface area contributed by atoms with E-state index >= 15 is 0 Å². The van der Waals surface area contributed by atoms with Gasteiger partial charge in [0.2, 0.25) is 0 Å². The van der Waals surface area contributed by atoms with Crippen molar-refractivity contribution in [3.05, 3.63) is 41.0 Å². The van der Waals surface area contributed by atoms with Crippen LogP contribution in [0.2, 0.25) is 0 Å². The Hall–Kier alpha value is -1.24. The first-order valence-electron chi connectivity index (χ1n) is 6.10. The van der Waals surface area contributed by atoms with Gasteiger partial charge in [0.05, 0.1) is 10.8 Å². The average Bonchev–Trinajstić information content (AvgIpc) is 2.37. The van der Waals surface area contributed by atoms with E-state index in [4.69, 9.17) is 12.2 Å². The largest absolute Gasteiger partial charge is 0.194 e. The fraction of sp³-hybridized carbons (Fsp3) is 0.400. The van der Waals surface area contributed by atoms with Gasteiger partial charge >= 0.3 is 0 Å². The molecule has 0 atom stereocenters. The van der Waals surface area contributed by atoms with Crippen molar-refractivity contribution in [2.75, 3.05) is 0 Å². The van der Waals surface area contributed by atoms with Gasteiger partial charge in [-0.1, -0.05) is 38.1 Å². The van der Waals surface area contributed by atoms with Gasteiger partial charge in [0.15, 0.2) is 0 Å². The van der Waals surface area contributed by atoms with Gasteiger partial charge in [0.25, 0.3) is 0 Å². The summed E-state index contributed by atoms with van der Waals surface area (Å²) in [5.41, 5.74) is 4.90. The quantitative estimate of drug-likeness (QED) is 0.417. The van der Waals surface area contributed by atoms with Crippen molar-refractivity contribution >= 4 is 23.1 Å². The topological polar surface area (TPSA) is 12.4 Å². The highest BCUT2D eigenvalue weighted by Gasteiger charge is 2.07. The third kappa shape index (κ3) is 3.62. The summed E-state index contributed by atoms with van der Waals surface area (Å²) in [5, 5.41) is 2.49. The van der Waals surface area contributed by atoms with Gasteiger partial charge in [-0.25, -0.2) is 0 Å². The fourth-order valence-corrected chi connectivity index (χ4v) is 2.02. The molecule has 0 aliphatic carbocycles. The molecule has 0 saturated heterocycles. The van der Waals surface area contributed by atoms with E-state index in [2.05, 4.69) is 48.3 Å². The Labute approximate surface area is 109 Å². The smallest absolute Gasteiger partial charge is 0.0803 e. The first-order chi connectivity index (χ1) is 8.26. The van der Waals surface area contributed by atoms with Crippen LogP contribution in [0.15, 0.2) is 29.3 Å². The number of aryl methyl sites for hydroxylation is 2. The zero-order chi connectivity index (χ0) is 12.7. The lowest BCUT2D eigenvalue weighted by Gasteiger charge is -2.10. The predicted octanol–water partition coefficient (Wildman–Crippen LogP) is 4.66. The molecule has 0 unspecified atom stereocenters. The van der Waals surface area contributed by atoms with Gasteiger partial charge in [0.1, 0.15) is 0 Å². The highest BCUT2D eigenvalue weighted by atomic mass is 32.1. The van der Waals surface area contributed by atoms with Crippen LogP contribution >= 0.6 is 12.2 Å². The monoisotopic (exact) mass is 245 g/mol. The zero-order valence-corrected chi connectivity index (χ0v) is 11.6. The van der Waals surface area contributed by atoms with Crippen molar-refractivity contribution in [3.63, 3.8) is 0 Å². The highest BCUT2D eigenvalue weighted by molar-refractivity contribution is 7.78. The molecule has 0 heterocycles. The number of rotatable bonds is 5. The lowest BCUT2D eigenvalue weighted by atomic mass is 9.98. The molecule has 0 amide bonds. The maximum atomic E-state index is 4.72. The van der Waals surface area contributed by atoms with Crippen LogP contribution in [0.25, 0.3) is 0 Å². The zero-order valence-electron chi connectivity index (χ0n) is 10.8. The van der Waals surface area contributed by atoms with E-state index in [1.54, 1.807) is 0 Å². The SMILES string of the molecule is CC=CCc1cc(CC)c(N=C=S)c(CC)c1. The van der Waals surface area contributed by atoms with Crippen LogP contribution in [0.1, 0.15) is 37.5 Å². The summed E-state index contributed by atoms with van der Waals surface area (Å²) in [6.45, 7) is 6.35. The van der Waals surface area contributed by atoms with Crippen LogP contribution in [0, 0.1) is 0 Å². The van der Waals surface area contributed by atoms with Crippen LogP contribution in [0.5, 0.6) is 0 Å². The van der Waals surface area contributed by atoms with Crippen LogP contribution in [0.3, 0.4) is 0 Å². The summed E-state index contributed by atoms with van der Waals surface area (Å²) in [6, 6.07) is 4.45. The summed E-state index contributed by atoms with van der Waals surface area (Å²) < 4.78 is 0. The maximum Gasteiger partial charge on any atom is 0.0803 e. The molecule has 0 radical (unpaired) electrons. The van der Waals surface area contributed by atoms with Crippen molar-refractivity contribution in [1.82, 2.24) is 0 Å². The number of hydrogen-bond donors (Lipinski definition) is 0. The molecule has 17 heavy (non-hydrogen) atoms. The summed E-state index contributed by atoms with van der Waals surface area (Å²) in [6.07, 6.45) is 7.20. The minimum atomic E-state index is 0.979. The van der Waals surface area contributed by atoms with E-state index in [1.807, 2.05) is 6.92 Å². The van der Waals surface area contributed by atoms with E-state index in [0.717, 1.165) is 24.9 Å². The van der Waals surface area contributed by atoms with Gasteiger partial charge in [-0.3, -0.25) is 0 Å². The van der Waals surface area contributed by atoms with Crippen molar-refractivity contribution in [3.8, 4) is 0 Å². The Kier molecular flexibility index (Phi) is 5.82. The second kappa shape index (κ2) is 7.16. The minimum Gasteiger partial charge on any atom is -0.194 e. The molecule has 1 rings (SSSR count). The molecule has 1 nitrogen and oxygen atoms in total. The van der Waals surface area contributed by atoms with Crippen LogP contribution in [0.4, 0.5) is 5.69 Å². The van der Waals surface area contributed by atoms with Crippen molar-refractivity contribution in [1.29, 1.82) is 0 Å². The molecule has 0 spiro atoms. The van der Waals surface area contributed by atoms with Crippen molar-refractivity contribution < 1.29 is 0 Å². The molecular formula is C15H19NS. The number of isothiocyanates is 1. The lowest BCUT2D eigenvalue weighted by Crippen LogP contribution is -1.93. The first kappa shape index (κ1) is 13.8. The normalized spacial score (nSPS) is 10.5. The molecule has 0 fully saturated rings. The molecule has 0 bridgehead atoms. The first-order valence-corrected chi connectivity index (χ1v) is 6.51. The Balaban J connectivity index is 3.27. The molecule has 1 aromatic rings. The van der Waals surface area contributed by atoms with E-state index < -0.39 is 0 Å². The van der Waals surface area contributed by atoms with E-state index in [-0.39, 0.29) is 0 Å². The average molecular weight is 245 g/mol. The number of nitrogens with zero attached hydrogens (tertiary/aromatic N) is 1. The maximum absolute atomic E-state index is 4.72. The molecule has 2 heteroatoms. The molecule has 0 aromatic heterocycles. The van der Waals surface area contributed by atoms with Crippen molar-refractivity contribution in [2.45, 2.75) is 40.0 Å². The summed E-state index contributed by atoms with van der Waals surface area (Å²) in [4.78, 5) is 4.22. The molecule has 0 aliphatic heterocycles. The highest BCUT2D eigenvalue weighted by Crippen LogP contribution is 2.27. The van der Waals surface area contributed by atoms with Crippen molar-refractivity contribution in [2.24, 2.45) is 4.99 Å². The lowest BCUT2D eigenvalue weighted by molar-refractivity contribution is 1.06. The Morgan fingerprint density at radius 2 is 1.82 bits per heavy atom. The Morgan fingerprint density at radius 1 is 1.24 bits per heavy atom. The molecule has 0 saturated carbocycles. The van der Waals surface area contributed by atoms with Crippen LogP contribution < -0.4 is 0 Å². The summed E-state index contributed by atoms with van der Waals surface area (Å²) in [5.74, 6) is 0. The van der Waals surface area contributed by atoms with Gasteiger partial charge in [-0.2, -0.15) is 4.99 Å². The number of hydrogen-bond acceptors (Lipinski definition) is 2. The van der Waals surface area contributed by atoms with Gasteiger partial charge in [-0.15, -0.1) is 0 Å². The van der Waals surface area contributed by atoms with Crippen LogP contribution in [-0.4, -0.2) is 5.16 Å². The third-order valence-electron chi connectivity index (χ3n) is 2.84. The Bertz CT molecular complexity index is 429. The fourth-order valence-electron chi connectivity index (χ4n) is 1.93. The number of thiocarbonyl (C=S) groups is 1. The van der Waals surface area contributed by atoms with Gasteiger partial charge in [-0.05, 0) is 55.1 Å². The molecule has 0 aliphatic rings. The number of benzene rings is 1. The van der Waals surface area contributed by atoms with Gasteiger partial charge in [0, 0.05) is 0 Å². The second-order valence-electron chi connectivity index (χ2n) is 3.95. The third-order valence-corrected chi connectivity index (χ3v) is 2.93. The minimum absolute atomic E-state index is 0.979. The summed E-state index contributed by atoms with van der Waals surface area (Å²) >= 11 is 4.72. The molecular weight excluding hydrogens is 226 g/mol. The van der Waals surface area contributed by atoms with E-state index in [0.29, 0.717) is 0 Å². The second-order valence-corrected chi connectivity index (χ2v) is 4.13. The van der Waals surface area contributed by atoms with Gasteiger partial charge < -0.3 is 0 Å². The predicted molar refractivity (Wildman–Crippen MR) is 78.4 cm³/mol. The standard InChI is InChI=1S/C15H19NS/c1-4-7-8-12-9-13(5-2)15(16-11-17)14(6-3)10-12/h4,7,9-10H,5-6,8H2,1-3H3. The Morgan fingerprint density at radius 3 is 2.24 bits per heavy atom. The molecule has 90 valence electrons. The summed E-state index contributed by atoms with van der Waals surface area (Å²) in [7, 11) is 0.